The molecule has 1 fully saturated rings. The summed E-state index contributed by atoms with van der Waals surface area (Å²) in [6.07, 6.45) is 5.27. The molecule has 3 N–H and O–H groups in total. The van der Waals surface area contributed by atoms with Gasteiger partial charge in [0.25, 0.3) is 0 Å². The second-order valence-electron chi connectivity index (χ2n) is 5.68. The van der Waals surface area contributed by atoms with Crippen LogP contribution in [0.15, 0.2) is 11.2 Å². The summed E-state index contributed by atoms with van der Waals surface area (Å²) in [5, 5.41) is 12.1. The largest absolute Gasteiger partial charge is 0.477 e. The maximum absolute atomic E-state index is 8.96. The molecule has 2 aliphatic rings. The van der Waals surface area contributed by atoms with Gasteiger partial charge in [0.1, 0.15) is 0 Å². The van der Waals surface area contributed by atoms with Gasteiger partial charge in [0.05, 0.1) is 18.8 Å². The Hall–Kier alpha value is -1.82. The molecular formula is C15H21N3O3. The van der Waals surface area contributed by atoms with Crippen LogP contribution >= 0.6 is 0 Å². The summed E-state index contributed by atoms with van der Waals surface area (Å²) in [6.45, 7) is 2.07. The molecule has 114 valence electrons. The van der Waals surface area contributed by atoms with E-state index in [0.29, 0.717) is 24.0 Å². The molecule has 1 aliphatic heterocycles. The minimum Gasteiger partial charge on any atom is -0.477 e. The molecular weight excluding hydrogens is 270 g/mol. The lowest BCUT2D eigenvalue weighted by Crippen LogP contribution is -2.20. The van der Waals surface area contributed by atoms with Crippen LogP contribution in [0, 0.1) is 5.92 Å². The van der Waals surface area contributed by atoms with Crippen LogP contribution in [0.4, 0.5) is 0 Å². The number of nitrogens with two attached hydrogens (primary N) is 1. The van der Waals surface area contributed by atoms with E-state index in [4.69, 9.17) is 20.4 Å². The van der Waals surface area contributed by atoms with E-state index in [1.54, 1.807) is 0 Å². The fourth-order valence-electron chi connectivity index (χ4n) is 2.87. The third kappa shape index (κ3) is 3.10. The monoisotopic (exact) mass is 291 g/mol. The molecule has 2 heterocycles. The Balaban J connectivity index is 1.84. The summed E-state index contributed by atoms with van der Waals surface area (Å²) in [7, 11) is 0. The number of hydrogen-bond donors (Lipinski definition) is 2. The Morgan fingerprint density at radius 2 is 2.33 bits per heavy atom. The van der Waals surface area contributed by atoms with Crippen molar-refractivity contribution in [3.05, 3.63) is 22.9 Å². The standard InChI is InChI=1S/C15H21N3O3/c16-14(18-19)12-7-11-3-1-2-4-13(11)17-15(12)21-9-10-5-6-20-8-10/h7,10,19H,1-6,8-9H2,(H2,16,18). The molecule has 0 saturated carbocycles. The summed E-state index contributed by atoms with van der Waals surface area (Å²) in [4.78, 5) is 4.61. The van der Waals surface area contributed by atoms with Crippen LogP contribution in [0.5, 0.6) is 5.88 Å². The predicted octanol–water partition coefficient (Wildman–Crippen LogP) is 1.47. The van der Waals surface area contributed by atoms with Crippen LogP contribution in [0.2, 0.25) is 0 Å². The van der Waals surface area contributed by atoms with Crippen molar-refractivity contribution >= 4 is 5.84 Å². The summed E-state index contributed by atoms with van der Waals surface area (Å²) in [6, 6.07) is 1.96. The van der Waals surface area contributed by atoms with E-state index in [1.807, 2.05) is 6.07 Å². The molecule has 3 rings (SSSR count). The third-order valence-corrected chi connectivity index (χ3v) is 4.13. The highest BCUT2D eigenvalue weighted by molar-refractivity contribution is 5.99. The first-order chi connectivity index (χ1) is 10.3. The number of aromatic nitrogens is 1. The van der Waals surface area contributed by atoms with Crippen LogP contribution in [-0.2, 0) is 17.6 Å². The molecule has 21 heavy (non-hydrogen) atoms. The molecule has 0 aromatic carbocycles. The number of amidine groups is 1. The van der Waals surface area contributed by atoms with Crippen LogP contribution in [0.3, 0.4) is 0 Å². The summed E-state index contributed by atoms with van der Waals surface area (Å²) < 4.78 is 11.2. The van der Waals surface area contributed by atoms with Gasteiger partial charge in [-0.3, -0.25) is 0 Å². The quantitative estimate of drug-likeness (QED) is 0.379. The highest BCUT2D eigenvalue weighted by Gasteiger charge is 2.21. The van der Waals surface area contributed by atoms with Gasteiger partial charge in [-0.25, -0.2) is 4.98 Å². The van der Waals surface area contributed by atoms with Gasteiger partial charge in [0, 0.05) is 18.2 Å². The maximum Gasteiger partial charge on any atom is 0.224 e. The Labute approximate surface area is 123 Å². The summed E-state index contributed by atoms with van der Waals surface area (Å²) in [5.74, 6) is 0.911. The van der Waals surface area contributed by atoms with E-state index in [-0.39, 0.29) is 5.84 Å². The summed E-state index contributed by atoms with van der Waals surface area (Å²) in [5.41, 5.74) is 8.61. The second kappa shape index (κ2) is 6.30. The molecule has 1 aromatic heterocycles. The van der Waals surface area contributed by atoms with Crippen molar-refractivity contribution in [1.29, 1.82) is 0 Å². The van der Waals surface area contributed by atoms with Gasteiger partial charge in [-0.1, -0.05) is 5.16 Å². The van der Waals surface area contributed by atoms with E-state index in [2.05, 4.69) is 10.1 Å². The van der Waals surface area contributed by atoms with Crippen molar-refractivity contribution in [2.45, 2.75) is 32.1 Å². The fourth-order valence-corrected chi connectivity index (χ4v) is 2.87. The fraction of sp³-hybridized carbons (Fsp3) is 0.600. The van der Waals surface area contributed by atoms with E-state index in [1.165, 1.54) is 5.56 Å². The maximum atomic E-state index is 8.96. The lowest BCUT2D eigenvalue weighted by Gasteiger charge is -2.19. The predicted molar refractivity (Wildman–Crippen MR) is 77.8 cm³/mol. The molecule has 1 atom stereocenters. The highest BCUT2D eigenvalue weighted by Crippen LogP contribution is 2.26. The number of pyridine rings is 1. The Bertz CT molecular complexity index is 539. The second-order valence-corrected chi connectivity index (χ2v) is 5.68. The van der Waals surface area contributed by atoms with Crippen molar-refractivity contribution in [2.75, 3.05) is 19.8 Å². The molecule has 0 amide bonds. The van der Waals surface area contributed by atoms with Gasteiger partial charge in [0.2, 0.25) is 5.88 Å². The van der Waals surface area contributed by atoms with E-state index < -0.39 is 0 Å². The Kier molecular flexibility index (Phi) is 4.24. The third-order valence-electron chi connectivity index (χ3n) is 4.13. The first kappa shape index (κ1) is 14.1. The van der Waals surface area contributed by atoms with Crippen molar-refractivity contribution in [3.63, 3.8) is 0 Å². The van der Waals surface area contributed by atoms with E-state index in [9.17, 15) is 0 Å². The number of ether oxygens (including phenoxy) is 2. The number of oxime groups is 1. The molecule has 1 unspecified atom stereocenters. The molecule has 1 aliphatic carbocycles. The number of hydrogen-bond acceptors (Lipinski definition) is 5. The van der Waals surface area contributed by atoms with Gasteiger partial charge in [-0.05, 0) is 43.7 Å². The Morgan fingerprint density at radius 1 is 1.48 bits per heavy atom. The minimum atomic E-state index is 0.0496. The minimum absolute atomic E-state index is 0.0496. The molecule has 0 spiro atoms. The summed E-state index contributed by atoms with van der Waals surface area (Å²) >= 11 is 0. The van der Waals surface area contributed by atoms with Gasteiger partial charge in [-0.15, -0.1) is 0 Å². The van der Waals surface area contributed by atoms with Crippen molar-refractivity contribution in [3.8, 4) is 5.88 Å². The number of nitrogens with zero attached hydrogens (tertiary/aromatic N) is 2. The van der Waals surface area contributed by atoms with Crippen molar-refractivity contribution < 1.29 is 14.7 Å². The van der Waals surface area contributed by atoms with Crippen molar-refractivity contribution in [1.82, 2.24) is 4.98 Å². The molecule has 6 nitrogen and oxygen atoms in total. The number of fused-ring (bicyclic) bond motifs is 1. The number of aryl methyl sites for hydroxylation is 2. The van der Waals surface area contributed by atoms with Crippen LogP contribution in [0.1, 0.15) is 36.1 Å². The zero-order valence-electron chi connectivity index (χ0n) is 12.0. The smallest absolute Gasteiger partial charge is 0.224 e. The average Bonchev–Trinajstić information content (AvgIpc) is 3.04. The number of rotatable bonds is 4. The zero-order valence-corrected chi connectivity index (χ0v) is 12.0. The normalized spacial score (nSPS) is 22.1. The zero-order chi connectivity index (χ0) is 14.7. The van der Waals surface area contributed by atoms with E-state index in [0.717, 1.165) is 51.0 Å². The lowest BCUT2D eigenvalue weighted by atomic mass is 9.95. The first-order valence-electron chi connectivity index (χ1n) is 7.49. The average molecular weight is 291 g/mol. The molecule has 0 radical (unpaired) electrons. The van der Waals surface area contributed by atoms with Crippen LogP contribution in [0.25, 0.3) is 0 Å². The topological polar surface area (TPSA) is 90.0 Å². The van der Waals surface area contributed by atoms with Gasteiger partial charge >= 0.3 is 0 Å². The van der Waals surface area contributed by atoms with Gasteiger partial charge < -0.3 is 20.4 Å². The lowest BCUT2D eigenvalue weighted by molar-refractivity contribution is 0.165. The molecule has 6 heteroatoms. The van der Waals surface area contributed by atoms with Gasteiger partial charge in [-0.2, -0.15) is 0 Å². The Morgan fingerprint density at radius 3 is 3.10 bits per heavy atom. The van der Waals surface area contributed by atoms with Gasteiger partial charge in [0.15, 0.2) is 5.84 Å². The van der Waals surface area contributed by atoms with E-state index >= 15 is 0 Å². The molecule has 1 aromatic rings. The molecule has 0 bridgehead atoms. The first-order valence-corrected chi connectivity index (χ1v) is 7.49. The van der Waals surface area contributed by atoms with Crippen LogP contribution in [-0.4, -0.2) is 35.8 Å². The molecule has 1 saturated heterocycles. The SMILES string of the molecule is NC(=NO)c1cc2c(nc1OCC1CCOC1)CCCC2. The highest BCUT2D eigenvalue weighted by atomic mass is 16.5. The van der Waals surface area contributed by atoms with Crippen molar-refractivity contribution in [2.24, 2.45) is 16.8 Å². The van der Waals surface area contributed by atoms with Crippen LogP contribution < -0.4 is 10.5 Å².